The Morgan fingerprint density at radius 1 is 0.667 bits per heavy atom. The lowest BCUT2D eigenvalue weighted by Crippen LogP contribution is -2.51. The number of hydrogen-bond donors (Lipinski definition) is 4. The zero-order valence-electron chi connectivity index (χ0n) is 6.77. The molecule has 0 aliphatic rings. The van der Waals surface area contributed by atoms with Crippen LogP contribution in [-0.2, 0) is 0 Å². The fourth-order valence-electron chi connectivity index (χ4n) is 0.940. The maximum Gasteiger partial charge on any atom is 0.335 e. The first kappa shape index (κ1) is 9.28. The summed E-state index contributed by atoms with van der Waals surface area (Å²) < 4.78 is 0. The monoisotopic (exact) mass is 162 g/mol. The van der Waals surface area contributed by atoms with E-state index < -0.39 is 14.0 Å². The molecule has 0 aromatic heterocycles. The van der Waals surface area contributed by atoms with Gasteiger partial charge in [-0.2, -0.15) is 0 Å². The topological polar surface area (TPSA) is 104 Å². The minimum atomic E-state index is -0.437. The molecular formula is C6H12B2N4. The fraction of sp³-hybridized carbons (Fsp3) is 0. The molecule has 0 saturated carbocycles. The first-order chi connectivity index (χ1) is 5.61. The molecule has 0 spiro atoms. The van der Waals surface area contributed by atoms with Gasteiger partial charge >= 0.3 is 14.0 Å². The van der Waals surface area contributed by atoms with Crippen LogP contribution in [0.25, 0.3) is 0 Å². The number of benzene rings is 1. The van der Waals surface area contributed by atoms with Crippen LogP contribution in [0.15, 0.2) is 24.3 Å². The minimum absolute atomic E-state index is 0.437. The molecule has 0 unspecified atom stereocenters. The van der Waals surface area contributed by atoms with Crippen LogP contribution in [0, 0.1) is 0 Å². The summed E-state index contributed by atoms with van der Waals surface area (Å²) >= 11 is 0. The van der Waals surface area contributed by atoms with Crippen molar-refractivity contribution in [2.75, 3.05) is 0 Å². The first-order valence-corrected chi connectivity index (χ1v) is 3.73. The summed E-state index contributed by atoms with van der Waals surface area (Å²) in [5.41, 5.74) is 23.6. The van der Waals surface area contributed by atoms with Gasteiger partial charge in [0.2, 0.25) is 0 Å². The van der Waals surface area contributed by atoms with Crippen molar-refractivity contribution in [3.8, 4) is 0 Å². The van der Waals surface area contributed by atoms with Crippen LogP contribution >= 0.6 is 0 Å². The third-order valence-electron chi connectivity index (χ3n) is 1.71. The molecule has 1 aromatic carbocycles. The molecule has 0 amide bonds. The fourth-order valence-corrected chi connectivity index (χ4v) is 0.940. The molecule has 1 aromatic rings. The Balaban J connectivity index is 2.86. The van der Waals surface area contributed by atoms with Crippen molar-refractivity contribution in [3.63, 3.8) is 0 Å². The second kappa shape index (κ2) is 3.73. The first-order valence-electron chi connectivity index (χ1n) is 3.73. The molecule has 0 radical (unpaired) electrons. The van der Waals surface area contributed by atoms with Gasteiger partial charge in [0.1, 0.15) is 0 Å². The summed E-state index contributed by atoms with van der Waals surface area (Å²) in [7, 11) is 0. The molecule has 62 valence electrons. The molecule has 0 bridgehead atoms. The van der Waals surface area contributed by atoms with E-state index in [0.717, 1.165) is 10.9 Å². The Bertz CT molecular complexity index is 219. The van der Waals surface area contributed by atoms with Gasteiger partial charge in [0, 0.05) is 0 Å². The largest absolute Gasteiger partial charge is 0.352 e. The van der Waals surface area contributed by atoms with E-state index in [2.05, 4.69) is 0 Å². The normalized spacial score (nSPS) is 9.67. The Morgan fingerprint density at radius 2 is 0.917 bits per heavy atom. The second-order valence-corrected chi connectivity index (χ2v) is 2.72. The van der Waals surface area contributed by atoms with E-state index >= 15 is 0 Å². The van der Waals surface area contributed by atoms with Crippen LogP contribution in [0.2, 0.25) is 0 Å². The average Bonchev–Trinajstić information content (AvgIpc) is 2.04. The maximum atomic E-state index is 5.46. The summed E-state index contributed by atoms with van der Waals surface area (Å²) in [6.07, 6.45) is 0. The van der Waals surface area contributed by atoms with Crippen molar-refractivity contribution in [1.29, 1.82) is 0 Å². The van der Waals surface area contributed by atoms with Gasteiger partial charge < -0.3 is 22.6 Å². The Labute approximate surface area is 72.5 Å². The Morgan fingerprint density at radius 3 is 1.08 bits per heavy atom. The van der Waals surface area contributed by atoms with Crippen LogP contribution in [0.4, 0.5) is 0 Å². The van der Waals surface area contributed by atoms with Crippen molar-refractivity contribution >= 4 is 24.9 Å². The van der Waals surface area contributed by atoms with Crippen LogP contribution < -0.4 is 33.5 Å². The van der Waals surface area contributed by atoms with Crippen LogP contribution in [0.5, 0.6) is 0 Å². The zero-order valence-corrected chi connectivity index (χ0v) is 6.77. The number of hydrogen-bond acceptors (Lipinski definition) is 4. The highest BCUT2D eigenvalue weighted by molar-refractivity contribution is 6.69. The highest BCUT2D eigenvalue weighted by Crippen LogP contribution is 1.79. The van der Waals surface area contributed by atoms with Crippen LogP contribution in [-0.4, -0.2) is 14.0 Å². The Hall–Kier alpha value is -0.810. The highest BCUT2D eigenvalue weighted by Gasteiger charge is 2.08. The molecule has 0 fully saturated rings. The van der Waals surface area contributed by atoms with Gasteiger partial charge in [0.25, 0.3) is 0 Å². The third kappa shape index (κ3) is 2.09. The lowest BCUT2D eigenvalue weighted by Gasteiger charge is -2.04. The van der Waals surface area contributed by atoms with Crippen LogP contribution in [0.1, 0.15) is 0 Å². The average molecular weight is 162 g/mol. The van der Waals surface area contributed by atoms with Gasteiger partial charge in [-0.05, 0) is 10.9 Å². The van der Waals surface area contributed by atoms with E-state index in [1.54, 1.807) is 0 Å². The highest BCUT2D eigenvalue weighted by atomic mass is 14.6. The predicted molar refractivity (Wildman–Crippen MR) is 54.0 cm³/mol. The molecular weight excluding hydrogens is 150 g/mol. The van der Waals surface area contributed by atoms with E-state index in [1.807, 2.05) is 24.3 Å². The van der Waals surface area contributed by atoms with Crippen molar-refractivity contribution < 1.29 is 0 Å². The zero-order chi connectivity index (χ0) is 9.14. The maximum absolute atomic E-state index is 5.46. The molecule has 0 aliphatic heterocycles. The van der Waals surface area contributed by atoms with Crippen LogP contribution in [0.3, 0.4) is 0 Å². The minimum Gasteiger partial charge on any atom is -0.352 e. The van der Waals surface area contributed by atoms with Crippen molar-refractivity contribution in [3.05, 3.63) is 24.3 Å². The predicted octanol–water partition coefficient (Wildman–Crippen LogP) is -3.09. The van der Waals surface area contributed by atoms with E-state index in [4.69, 9.17) is 22.6 Å². The molecule has 8 N–H and O–H groups in total. The second-order valence-electron chi connectivity index (χ2n) is 2.72. The van der Waals surface area contributed by atoms with Gasteiger partial charge in [-0.3, -0.25) is 0 Å². The summed E-state index contributed by atoms with van der Waals surface area (Å²) in [5.74, 6) is 0. The molecule has 0 heterocycles. The smallest absolute Gasteiger partial charge is 0.335 e. The molecule has 0 saturated heterocycles. The van der Waals surface area contributed by atoms with Crippen molar-refractivity contribution in [2.24, 2.45) is 22.6 Å². The molecule has 12 heavy (non-hydrogen) atoms. The number of rotatable bonds is 2. The Kier molecular flexibility index (Phi) is 2.88. The SMILES string of the molecule is NB(N)c1ccc(B(N)N)cc1. The van der Waals surface area contributed by atoms with E-state index in [-0.39, 0.29) is 0 Å². The summed E-state index contributed by atoms with van der Waals surface area (Å²) in [6, 6.07) is 7.30. The quantitative estimate of drug-likeness (QED) is 0.346. The van der Waals surface area contributed by atoms with Crippen molar-refractivity contribution in [1.82, 2.24) is 0 Å². The lowest BCUT2D eigenvalue weighted by atomic mass is 9.67. The third-order valence-corrected chi connectivity index (χ3v) is 1.71. The van der Waals surface area contributed by atoms with Gasteiger partial charge in [-0.25, -0.2) is 0 Å². The molecule has 1 rings (SSSR count). The lowest BCUT2D eigenvalue weighted by molar-refractivity contribution is 1.62. The summed E-state index contributed by atoms with van der Waals surface area (Å²) in [6.45, 7) is -0.874. The molecule has 6 heteroatoms. The molecule has 0 aliphatic carbocycles. The van der Waals surface area contributed by atoms with Crippen molar-refractivity contribution in [2.45, 2.75) is 0 Å². The summed E-state index contributed by atoms with van der Waals surface area (Å²) in [5, 5.41) is 0. The number of nitrogens with two attached hydrogens (primary N) is 4. The summed E-state index contributed by atoms with van der Waals surface area (Å²) in [4.78, 5) is 0. The van der Waals surface area contributed by atoms with Gasteiger partial charge in [-0.1, -0.05) is 24.3 Å². The standard InChI is InChI=1S/C6H12B2N4/c9-7(10)5-1-2-6(4-3-5)8(11)12/h1-4H,9-12H2. The molecule has 0 atom stereocenters. The van der Waals surface area contributed by atoms with E-state index in [1.165, 1.54) is 0 Å². The van der Waals surface area contributed by atoms with E-state index in [9.17, 15) is 0 Å². The van der Waals surface area contributed by atoms with Gasteiger partial charge in [-0.15, -0.1) is 0 Å². The van der Waals surface area contributed by atoms with Gasteiger partial charge in [0.05, 0.1) is 0 Å². The van der Waals surface area contributed by atoms with E-state index in [0.29, 0.717) is 0 Å². The van der Waals surface area contributed by atoms with Gasteiger partial charge in [0.15, 0.2) is 0 Å². The molecule has 4 nitrogen and oxygen atoms in total.